The summed E-state index contributed by atoms with van der Waals surface area (Å²) >= 11 is 0. The first kappa shape index (κ1) is 9.74. The Morgan fingerprint density at radius 3 is 2.54 bits per heavy atom. The van der Waals surface area contributed by atoms with Crippen LogP contribution in [0, 0.1) is 5.82 Å². The lowest BCUT2D eigenvalue weighted by molar-refractivity contribution is 0.150. The van der Waals surface area contributed by atoms with E-state index in [0.29, 0.717) is 5.75 Å². The van der Waals surface area contributed by atoms with Gasteiger partial charge in [-0.15, -0.1) is 0 Å². The summed E-state index contributed by atoms with van der Waals surface area (Å²) in [5.41, 5.74) is 0. The zero-order valence-electron chi connectivity index (χ0n) is 7.11. The highest BCUT2D eigenvalue weighted by atomic mass is 19.1. The first-order chi connectivity index (χ1) is 6.26. The van der Waals surface area contributed by atoms with Gasteiger partial charge in [0.15, 0.2) is 0 Å². The van der Waals surface area contributed by atoms with Crippen LogP contribution in [-0.4, -0.2) is 17.8 Å². The van der Waals surface area contributed by atoms with Gasteiger partial charge in [-0.1, -0.05) is 6.58 Å². The van der Waals surface area contributed by atoms with Gasteiger partial charge in [0.2, 0.25) is 0 Å². The van der Waals surface area contributed by atoms with E-state index in [0.717, 1.165) is 0 Å². The van der Waals surface area contributed by atoms with Crippen LogP contribution in [0.3, 0.4) is 0 Å². The first-order valence-electron chi connectivity index (χ1n) is 3.92. The maximum atomic E-state index is 12.5. The van der Waals surface area contributed by atoms with Crippen molar-refractivity contribution in [1.82, 2.24) is 0 Å². The van der Waals surface area contributed by atoms with E-state index in [4.69, 9.17) is 9.84 Å². The molecule has 1 aromatic rings. The Labute approximate surface area is 76.3 Å². The number of hydrogen-bond acceptors (Lipinski definition) is 2. The molecule has 2 nitrogen and oxygen atoms in total. The van der Waals surface area contributed by atoms with Crippen LogP contribution in [0.15, 0.2) is 36.9 Å². The molecule has 1 aromatic carbocycles. The molecular weight excluding hydrogens is 171 g/mol. The Balaban J connectivity index is 2.63. The van der Waals surface area contributed by atoms with E-state index in [9.17, 15) is 4.39 Å². The molecule has 1 N–H and O–H groups in total. The molecule has 0 aliphatic carbocycles. The second-order valence-electron chi connectivity index (χ2n) is 2.53. The number of halogens is 1. The highest BCUT2D eigenvalue weighted by Crippen LogP contribution is 2.12. The molecule has 1 atom stereocenters. The van der Waals surface area contributed by atoms with Crippen LogP contribution in [0.2, 0.25) is 0 Å². The van der Waals surface area contributed by atoms with Crippen LogP contribution in [-0.2, 0) is 0 Å². The smallest absolute Gasteiger partial charge is 0.140 e. The van der Waals surface area contributed by atoms with E-state index < -0.39 is 6.10 Å². The van der Waals surface area contributed by atoms with E-state index in [2.05, 4.69) is 6.58 Å². The van der Waals surface area contributed by atoms with E-state index in [1.807, 2.05) is 0 Å². The third-order valence-corrected chi connectivity index (χ3v) is 1.54. The molecule has 3 heteroatoms. The summed E-state index contributed by atoms with van der Waals surface area (Å²) in [6.07, 6.45) is 1.05. The number of hydrogen-bond donors (Lipinski definition) is 1. The van der Waals surface area contributed by atoms with Gasteiger partial charge in [-0.3, -0.25) is 0 Å². The molecule has 0 saturated carbocycles. The van der Waals surface area contributed by atoms with Crippen LogP contribution in [0.5, 0.6) is 5.75 Å². The fourth-order valence-corrected chi connectivity index (χ4v) is 0.848. The Morgan fingerprint density at radius 2 is 2.08 bits per heavy atom. The molecule has 0 aliphatic heterocycles. The summed E-state index contributed by atoms with van der Waals surface area (Å²) in [6.45, 7) is 3.35. The van der Waals surface area contributed by atoms with Gasteiger partial charge in [0.1, 0.15) is 17.7 Å². The number of aliphatic hydroxyl groups excluding tert-OH is 1. The zero-order valence-corrected chi connectivity index (χ0v) is 7.11. The van der Waals surface area contributed by atoms with Crippen molar-refractivity contribution in [1.29, 1.82) is 0 Å². The SMILES string of the molecule is C=CC(CO)Oc1ccc(F)cc1. The molecule has 0 bridgehead atoms. The van der Waals surface area contributed by atoms with Crippen molar-refractivity contribution in [3.8, 4) is 5.75 Å². The van der Waals surface area contributed by atoms with Gasteiger partial charge >= 0.3 is 0 Å². The van der Waals surface area contributed by atoms with Crippen molar-refractivity contribution >= 4 is 0 Å². The summed E-state index contributed by atoms with van der Waals surface area (Å²) in [7, 11) is 0. The van der Waals surface area contributed by atoms with Crippen LogP contribution >= 0.6 is 0 Å². The van der Waals surface area contributed by atoms with Gasteiger partial charge in [-0.2, -0.15) is 0 Å². The predicted molar refractivity (Wildman–Crippen MR) is 48.1 cm³/mol. The maximum Gasteiger partial charge on any atom is 0.140 e. The molecule has 1 rings (SSSR count). The standard InChI is InChI=1S/C10H11FO2/c1-2-9(7-12)13-10-5-3-8(11)4-6-10/h2-6,9,12H,1,7H2. The molecular formula is C10H11FO2. The van der Waals surface area contributed by atoms with Gasteiger partial charge < -0.3 is 9.84 Å². The Bertz CT molecular complexity index is 269. The fourth-order valence-electron chi connectivity index (χ4n) is 0.848. The van der Waals surface area contributed by atoms with Crippen LogP contribution in [0.4, 0.5) is 4.39 Å². The van der Waals surface area contributed by atoms with Crippen molar-refractivity contribution in [3.63, 3.8) is 0 Å². The quantitative estimate of drug-likeness (QED) is 0.719. The molecule has 0 spiro atoms. The number of ether oxygens (including phenoxy) is 1. The van der Waals surface area contributed by atoms with Crippen LogP contribution in [0.25, 0.3) is 0 Å². The third kappa shape index (κ3) is 2.87. The summed E-state index contributed by atoms with van der Waals surface area (Å²) in [4.78, 5) is 0. The monoisotopic (exact) mass is 182 g/mol. The fraction of sp³-hybridized carbons (Fsp3) is 0.200. The molecule has 1 unspecified atom stereocenters. The summed E-state index contributed by atoms with van der Waals surface area (Å²) < 4.78 is 17.7. The normalized spacial score (nSPS) is 12.2. The van der Waals surface area contributed by atoms with Gasteiger partial charge in [0.25, 0.3) is 0 Å². The molecule has 0 aliphatic rings. The van der Waals surface area contributed by atoms with E-state index in [1.165, 1.54) is 30.3 Å². The largest absolute Gasteiger partial charge is 0.484 e. The lowest BCUT2D eigenvalue weighted by atomic mass is 10.3. The highest BCUT2D eigenvalue weighted by Gasteiger charge is 2.03. The topological polar surface area (TPSA) is 29.5 Å². The van der Waals surface area contributed by atoms with Crippen molar-refractivity contribution in [2.45, 2.75) is 6.10 Å². The van der Waals surface area contributed by atoms with Crippen LogP contribution in [0.1, 0.15) is 0 Å². The lowest BCUT2D eigenvalue weighted by Crippen LogP contribution is -2.17. The van der Waals surface area contributed by atoms with E-state index in [-0.39, 0.29) is 12.4 Å². The molecule has 0 heterocycles. The molecule has 70 valence electrons. The van der Waals surface area contributed by atoms with Crippen molar-refractivity contribution < 1.29 is 14.2 Å². The summed E-state index contributed by atoms with van der Waals surface area (Å²) in [5, 5.41) is 8.77. The van der Waals surface area contributed by atoms with Gasteiger partial charge in [0, 0.05) is 0 Å². The predicted octanol–water partition coefficient (Wildman–Crippen LogP) is 1.75. The van der Waals surface area contributed by atoms with Gasteiger partial charge in [-0.05, 0) is 30.3 Å². The average molecular weight is 182 g/mol. The molecule has 0 aromatic heterocycles. The summed E-state index contributed by atoms with van der Waals surface area (Å²) in [5.74, 6) is 0.201. The van der Waals surface area contributed by atoms with Crippen LogP contribution < -0.4 is 4.74 Å². The molecule has 0 fully saturated rings. The third-order valence-electron chi connectivity index (χ3n) is 1.54. The first-order valence-corrected chi connectivity index (χ1v) is 3.92. The minimum absolute atomic E-state index is 0.138. The van der Waals surface area contributed by atoms with Crippen molar-refractivity contribution in [2.24, 2.45) is 0 Å². The zero-order chi connectivity index (χ0) is 9.68. The number of aliphatic hydroxyl groups is 1. The Kier molecular flexibility index (Phi) is 3.46. The Morgan fingerprint density at radius 1 is 1.46 bits per heavy atom. The second kappa shape index (κ2) is 4.62. The van der Waals surface area contributed by atoms with Crippen molar-refractivity contribution in [3.05, 3.63) is 42.7 Å². The number of benzene rings is 1. The van der Waals surface area contributed by atoms with E-state index in [1.54, 1.807) is 0 Å². The highest BCUT2D eigenvalue weighted by molar-refractivity contribution is 5.22. The minimum Gasteiger partial charge on any atom is -0.484 e. The van der Waals surface area contributed by atoms with Gasteiger partial charge in [0.05, 0.1) is 6.61 Å². The Hall–Kier alpha value is -1.35. The molecule has 0 saturated heterocycles. The average Bonchev–Trinajstić information content (AvgIpc) is 2.17. The molecule has 13 heavy (non-hydrogen) atoms. The molecule has 0 radical (unpaired) electrons. The summed E-state index contributed by atoms with van der Waals surface area (Å²) in [6, 6.07) is 5.60. The lowest BCUT2D eigenvalue weighted by Gasteiger charge is -2.12. The number of rotatable bonds is 4. The molecule has 0 amide bonds. The maximum absolute atomic E-state index is 12.5. The minimum atomic E-state index is -0.439. The van der Waals surface area contributed by atoms with Gasteiger partial charge in [-0.25, -0.2) is 4.39 Å². The second-order valence-corrected chi connectivity index (χ2v) is 2.53. The van der Waals surface area contributed by atoms with E-state index >= 15 is 0 Å². The van der Waals surface area contributed by atoms with Crippen molar-refractivity contribution in [2.75, 3.05) is 6.61 Å².